The minimum Gasteiger partial charge on any atom is -0.477 e. The first-order valence-electron chi connectivity index (χ1n) is 5.21. The van der Waals surface area contributed by atoms with E-state index in [-0.39, 0.29) is 4.88 Å². The van der Waals surface area contributed by atoms with Crippen LogP contribution in [-0.2, 0) is 0 Å². The fraction of sp³-hybridized carbons (Fsp3) is 0. The standard InChI is InChI=1S/C12H9ClN2O3S/c13-7-2-1-3-8(6-7)14-12(18)15-10-5-4-9(19-10)11(16)17/h1-6H,(H,16,17)(H2,14,15,18). The number of rotatable bonds is 3. The number of thiophene rings is 1. The Morgan fingerprint density at radius 3 is 2.58 bits per heavy atom. The largest absolute Gasteiger partial charge is 0.477 e. The molecule has 0 saturated heterocycles. The second-order valence-electron chi connectivity index (χ2n) is 3.56. The molecule has 0 radical (unpaired) electrons. The number of carboxylic acids is 1. The van der Waals surface area contributed by atoms with Crippen LogP contribution >= 0.6 is 22.9 Å². The van der Waals surface area contributed by atoms with Crippen molar-refractivity contribution in [2.45, 2.75) is 0 Å². The van der Waals surface area contributed by atoms with Gasteiger partial charge in [0.05, 0.1) is 5.00 Å². The summed E-state index contributed by atoms with van der Waals surface area (Å²) in [4.78, 5) is 22.5. The van der Waals surface area contributed by atoms with Crippen molar-refractivity contribution in [3.8, 4) is 0 Å². The van der Waals surface area contributed by atoms with Gasteiger partial charge in [-0.3, -0.25) is 5.32 Å². The third-order valence-electron chi connectivity index (χ3n) is 2.14. The molecule has 0 spiro atoms. The smallest absolute Gasteiger partial charge is 0.345 e. The highest BCUT2D eigenvalue weighted by molar-refractivity contribution is 7.18. The highest BCUT2D eigenvalue weighted by atomic mass is 35.5. The number of amides is 2. The van der Waals surface area contributed by atoms with Gasteiger partial charge >= 0.3 is 12.0 Å². The van der Waals surface area contributed by atoms with Crippen LogP contribution < -0.4 is 10.6 Å². The monoisotopic (exact) mass is 296 g/mol. The Bertz CT molecular complexity index is 627. The molecule has 0 aliphatic heterocycles. The van der Waals surface area contributed by atoms with Crippen LogP contribution in [0, 0.1) is 0 Å². The van der Waals surface area contributed by atoms with Gasteiger partial charge < -0.3 is 10.4 Å². The highest BCUT2D eigenvalue weighted by Gasteiger charge is 2.09. The molecule has 0 aliphatic rings. The van der Waals surface area contributed by atoms with Crippen LogP contribution in [0.15, 0.2) is 36.4 Å². The number of carbonyl (C=O) groups is 2. The number of carbonyl (C=O) groups excluding carboxylic acids is 1. The van der Waals surface area contributed by atoms with E-state index < -0.39 is 12.0 Å². The Morgan fingerprint density at radius 2 is 1.95 bits per heavy atom. The lowest BCUT2D eigenvalue weighted by atomic mass is 10.3. The molecular weight excluding hydrogens is 288 g/mol. The summed E-state index contributed by atoms with van der Waals surface area (Å²) < 4.78 is 0. The average Bonchev–Trinajstić information content (AvgIpc) is 2.77. The van der Waals surface area contributed by atoms with Crippen LogP contribution in [0.25, 0.3) is 0 Å². The third kappa shape index (κ3) is 3.70. The van der Waals surface area contributed by atoms with Crippen LogP contribution in [0.2, 0.25) is 5.02 Å². The first-order chi connectivity index (χ1) is 9.04. The van der Waals surface area contributed by atoms with Crippen molar-refractivity contribution < 1.29 is 14.7 Å². The van der Waals surface area contributed by atoms with Crippen LogP contribution in [0.1, 0.15) is 9.67 Å². The zero-order valence-corrected chi connectivity index (χ0v) is 11.1. The quantitative estimate of drug-likeness (QED) is 0.807. The number of anilines is 2. The van der Waals surface area contributed by atoms with Gasteiger partial charge in [0, 0.05) is 10.7 Å². The molecule has 2 aromatic rings. The van der Waals surface area contributed by atoms with Crippen LogP contribution in [-0.4, -0.2) is 17.1 Å². The fourth-order valence-corrected chi connectivity index (χ4v) is 2.29. The maximum absolute atomic E-state index is 11.7. The van der Waals surface area contributed by atoms with E-state index in [0.29, 0.717) is 15.7 Å². The van der Waals surface area contributed by atoms with Gasteiger partial charge in [-0.1, -0.05) is 17.7 Å². The number of carboxylic acid groups (broad SMARTS) is 1. The molecule has 0 atom stereocenters. The molecule has 2 amide bonds. The third-order valence-corrected chi connectivity index (χ3v) is 3.36. The molecule has 98 valence electrons. The van der Waals surface area contributed by atoms with Crippen molar-refractivity contribution in [1.82, 2.24) is 0 Å². The molecule has 1 aromatic carbocycles. The van der Waals surface area contributed by atoms with Gasteiger partial charge in [0.2, 0.25) is 0 Å². The first-order valence-corrected chi connectivity index (χ1v) is 6.41. The van der Waals surface area contributed by atoms with E-state index in [9.17, 15) is 9.59 Å². The Balaban J connectivity index is 1.99. The highest BCUT2D eigenvalue weighted by Crippen LogP contribution is 2.22. The van der Waals surface area contributed by atoms with Crippen molar-refractivity contribution in [2.75, 3.05) is 10.6 Å². The molecule has 1 heterocycles. The Morgan fingerprint density at radius 1 is 1.16 bits per heavy atom. The number of hydrogen-bond acceptors (Lipinski definition) is 3. The minimum atomic E-state index is -1.02. The van der Waals surface area contributed by atoms with E-state index >= 15 is 0 Å². The number of halogens is 1. The van der Waals surface area contributed by atoms with E-state index in [4.69, 9.17) is 16.7 Å². The molecule has 1 aromatic heterocycles. The van der Waals surface area contributed by atoms with Gasteiger partial charge in [0.1, 0.15) is 4.88 Å². The van der Waals surface area contributed by atoms with Crippen molar-refractivity contribution in [1.29, 1.82) is 0 Å². The van der Waals surface area contributed by atoms with Gasteiger partial charge in [0.25, 0.3) is 0 Å². The molecular formula is C12H9ClN2O3S. The molecule has 3 N–H and O–H groups in total. The lowest BCUT2D eigenvalue weighted by molar-refractivity contribution is 0.0702. The Hall–Kier alpha value is -2.05. The van der Waals surface area contributed by atoms with E-state index in [1.807, 2.05) is 0 Å². The number of benzene rings is 1. The van der Waals surface area contributed by atoms with E-state index in [1.54, 1.807) is 24.3 Å². The van der Waals surface area contributed by atoms with Crippen molar-refractivity contribution in [2.24, 2.45) is 0 Å². The molecule has 0 fully saturated rings. The minimum absolute atomic E-state index is 0.165. The lowest BCUT2D eigenvalue weighted by Crippen LogP contribution is -2.18. The zero-order valence-electron chi connectivity index (χ0n) is 9.51. The van der Waals surface area contributed by atoms with Crippen LogP contribution in [0.5, 0.6) is 0 Å². The normalized spacial score (nSPS) is 9.95. The molecule has 0 unspecified atom stereocenters. The SMILES string of the molecule is O=C(Nc1cccc(Cl)c1)Nc1ccc(C(=O)O)s1. The number of hydrogen-bond donors (Lipinski definition) is 3. The second-order valence-corrected chi connectivity index (χ2v) is 5.08. The molecule has 2 rings (SSSR count). The van der Waals surface area contributed by atoms with Gasteiger partial charge in [0.15, 0.2) is 0 Å². The molecule has 0 bridgehead atoms. The second kappa shape index (κ2) is 5.73. The summed E-state index contributed by atoms with van der Waals surface area (Å²) in [6.07, 6.45) is 0. The average molecular weight is 297 g/mol. The number of aromatic carboxylic acids is 1. The first kappa shape index (κ1) is 13.4. The number of nitrogens with one attached hydrogen (secondary N) is 2. The molecule has 7 heteroatoms. The van der Waals surface area contributed by atoms with Gasteiger partial charge in [-0.15, -0.1) is 11.3 Å². The van der Waals surface area contributed by atoms with E-state index in [2.05, 4.69) is 10.6 Å². The lowest BCUT2D eigenvalue weighted by Gasteiger charge is -2.05. The summed E-state index contributed by atoms with van der Waals surface area (Å²) >= 11 is 6.78. The van der Waals surface area contributed by atoms with E-state index in [1.165, 1.54) is 12.1 Å². The fourth-order valence-electron chi connectivity index (χ4n) is 1.36. The summed E-state index contributed by atoms with van der Waals surface area (Å²) in [5.74, 6) is -1.02. The van der Waals surface area contributed by atoms with Crippen molar-refractivity contribution in [3.05, 3.63) is 46.3 Å². The summed E-state index contributed by atoms with van der Waals surface area (Å²) in [5.41, 5.74) is 0.556. The predicted octanol–water partition coefficient (Wildman–Crippen LogP) is 3.74. The summed E-state index contributed by atoms with van der Waals surface area (Å²) in [6, 6.07) is 9.23. The topological polar surface area (TPSA) is 78.4 Å². The van der Waals surface area contributed by atoms with Crippen LogP contribution in [0.4, 0.5) is 15.5 Å². The van der Waals surface area contributed by atoms with Gasteiger partial charge in [-0.05, 0) is 30.3 Å². The molecule has 0 aliphatic carbocycles. The molecule has 19 heavy (non-hydrogen) atoms. The van der Waals surface area contributed by atoms with Crippen molar-refractivity contribution in [3.63, 3.8) is 0 Å². The Labute approximate surface area is 117 Å². The van der Waals surface area contributed by atoms with E-state index in [0.717, 1.165) is 11.3 Å². The van der Waals surface area contributed by atoms with Gasteiger partial charge in [-0.25, -0.2) is 9.59 Å². The Kier molecular flexibility index (Phi) is 4.03. The molecule has 0 saturated carbocycles. The summed E-state index contributed by atoms with van der Waals surface area (Å²) in [7, 11) is 0. The molecule has 5 nitrogen and oxygen atoms in total. The number of urea groups is 1. The maximum Gasteiger partial charge on any atom is 0.345 e. The summed E-state index contributed by atoms with van der Waals surface area (Å²) in [5, 5.41) is 14.9. The maximum atomic E-state index is 11.7. The summed E-state index contributed by atoms with van der Waals surface area (Å²) in [6.45, 7) is 0. The van der Waals surface area contributed by atoms with Crippen LogP contribution in [0.3, 0.4) is 0 Å². The predicted molar refractivity (Wildman–Crippen MR) is 75.4 cm³/mol. The zero-order chi connectivity index (χ0) is 13.8. The van der Waals surface area contributed by atoms with Crippen molar-refractivity contribution >= 4 is 45.6 Å². The van der Waals surface area contributed by atoms with Gasteiger partial charge in [-0.2, -0.15) is 0 Å².